The lowest BCUT2D eigenvalue weighted by atomic mass is 10.1. The molecule has 0 aliphatic rings. The Hall–Kier alpha value is -2.76. The van der Waals surface area contributed by atoms with Gasteiger partial charge in [-0.3, -0.25) is 14.5 Å². The molecule has 2 heterocycles. The fourth-order valence-corrected chi connectivity index (χ4v) is 2.15. The highest BCUT2D eigenvalue weighted by Crippen LogP contribution is 2.24. The molecule has 3 rings (SSSR count). The second-order valence-corrected chi connectivity index (χ2v) is 4.42. The van der Waals surface area contributed by atoms with E-state index in [9.17, 15) is 10.1 Å². The Balaban J connectivity index is 2.14. The van der Waals surface area contributed by atoms with Crippen LogP contribution in [0.4, 0.5) is 5.69 Å². The van der Waals surface area contributed by atoms with Crippen molar-refractivity contribution in [1.82, 2.24) is 14.6 Å². The molecule has 0 saturated carbocycles. The van der Waals surface area contributed by atoms with E-state index < -0.39 is 4.92 Å². The third-order valence-corrected chi connectivity index (χ3v) is 3.18. The molecule has 0 radical (unpaired) electrons. The van der Waals surface area contributed by atoms with E-state index in [0.717, 1.165) is 29.0 Å². The summed E-state index contributed by atoms with van der Waals surface area (Å²) in [7, 11) is 0. The first-order chi connectivity index (χ1) is 9.69. The van der Waals surface area contributed by atoms with E-state index >= 15 is 0 Å². The van der Waals surface area contributed by atoms with Crippen molar-refractivity contribution in [2.24, 2.45) is 0 Å². The molecule has 6 heteroatoms. The minimum absolute atomic E-state index is 0.0852. The number of hydrogen-bond donors (Lipinski definition) is 0. The Bertz CT molecular complexity index is 795. The molecule has 0 bridgehead atoms. The van der Waals surface area contributed by atoms with Gasteiger partial charge in [0.1, 0.15) is 5.82 Å². The average Bonchev–Trinajstić information content (AvgIpc) is 2.89. The lowest BCUT2D eigenvalue weighted by Crippen LogP contribution is -1.93. The molecular formula is C14H12N4O2. The van der Waals surface area contributed by atoms with Crippen molar-refractivity contribution < 1.29 is 4.92 Å². The molecule has 0 spiro atoms. The topological polar surface area (TPSA) is 73.3 Å². The van der Waals surface area contributed by atoms with Gasteiger partial charge in [0.25, 0.3) is 5.69 Å². The molecule has 0 aliphatic heterocycles. The van der Waals surface area contributed by atoms with Gasteiger partial charge >= 0.3 is 0 Å². The zero-order valence-corrected chi connectivity index (χ0v) is 10.9. The number of aromatic nitrogens is 3. The van der Waals surface area contributed by atoms with E-state index in [2.05, 4.69) is 10.2 Å². The maximum Gasteiger partial charge on any atom is 0.270 e. The molecule has 0 aliphatic carbocycles. The minimum atomic E-state index is -0.391. The van der Waals surface area contributed by atoms with E-state index in [0.29, 0.717) is 0 Å². The van der Waals surface area contributed by atoms with Crippen LogP contribution < -0.4 is 0 Å². The van der Waals surface area contributed by atoms with Gasteiger partial charge < -0.3 is 0 Å². The average molecular weight is 268 g/mol. The van der Waals surface area contributed by atoms with Gasteiger partial charge in [0.15, 0.2) is 5.65 Å². The summed E-state index contributed by atoms with van der Waals surface area (Å²) >= 11 is 0. The van der Waals surface area contributed by atoms with Crippen LogP contribution in [0.5, 0.6) is 0 Å². The van der Waals surface area contributed by atoms with Crippen molar-refractivity contribution in [1.29, 1.82) is 0 Å². The van der Waals surface area contributed by atoms with Crippen LogP contribution in [0.25, 0.3) is 16.8 Å². The molecule has 0 amide bonds. The normalized spacial score (nSPS) is 10.8. The van der Waals surface area contributed by atoms with Gasteiger partial charge in [0.2, 0.25) is 0 Å². The van der Waals surface area contributed by atoms with Crippen molar-refractivity contribution in [3.63, 3.8) is 0 Å². The van der Waals surface area contributed by atoms with Crippen LogP contribution in [0.3, 0.4) is 0 Å². The van der Waals surface area contributed by atoms with Crippen molar-refractivity contribution in [3.8, 4) is 11.1 Å². The molecule has 2 aromatic heterocycles. The summed E-state index contributed by atoms with van der Waals surface area (Å²) in [6.07, 6.45) is 2.69. The number of hydrogen-bond acceptors (Lipinski definition) is 4. The largest absolute Gasteiger partial charge is 0.286 e. The van der Waals surface area contributed by atoms with Gasteiger partial charge in [-0.2, -0.15) is 0 Å². The van der Waals surface area contributed by atoms with Crippen molar-refractivity contribution in [2.75, 3.05) is 0 Å². The molecule has 0 saturated heterocycles. The van der Waals surface area contributed by atoms with E-state index in [-0.39, 0.29) is 5.69 Å². The van der Waals surface area contributed by atoms with E-state index in [4.69, 9.17) is 0 Å². The van der Waals surface area contributed by atoms with Gasteiger partial charge in [0, 0.05) is 24.8 Å². The summed E-state index contributed by atoms with van der Waals surface area (Å²) in [4.78, 5) is 10.4. The van der Waals surface area contributed by atoms with Crippen LogP contribution in [-0.2, 0) is 6.42 Å². The van der Waals surface area contributed by atoms with Gasteiger partial charge in [-0.15, -0.1) is 10.2 Å². The highest BCUT2D eigenvalue weighted by molar-refractivity contribution is 5.67. The number of rotatable bonds is 3. The smallest absolute Gasteiger partial charge is 0.270 e. The second-order valence-electron chi connectivity index (χ2n) is 4.42. The fraction of sp³-hybridized carbons (Fsp3) is 0.143. The highest BCUT2D eigenvalue weighted by atomic mass is 16.6. The molecule has 0 unspecified atom stereocenters. The minimum Gasteiger partial charge on any atom is -0.286 e. The van der Waals surface area contributed by atoms with Crippen LogP contribution >= 0.6 is 0 Å². The van der Waals surface area contributed by atoms with Gasteiger partial charge in [0.05, 0.1) is 4.92 Å². The number of pyridine rings is 1. The Morgan fingerprint density at radius 3 is 2.80 bits per heavy atom. The first-order valence-electron chi connectivity index (χ1n) is 6.27. The first-order valence-corrected chi connectivity index (χ1v) is 6.27. The number of fused-ring (bicyclic) bond motifs is 1. The maximum absolute atomic E-state index is 10.8. The van der Waals surface area contributed by atoms with Crippen LogP contribution in [0.1, 0.15) is 12.7 Å². The molecule has 20 heavy (non-hydrogen) atoms. The van der Waals surface area contributed by atoms with Crippen LogP contribution in [-0.4, -0.2) is 19.5 Å². The van der Waals surface area contributed by atoms with E-state index in [1.54, 1.807) is 12.1 Å². The monoisotopic (exact) mass is 268 g/mol. The predicted octanol–water partition coefficient (Wildman–Crippen LogP) is 2.87. The number of nitro groups is 1. The number of nitro benzene ring substituents is 1. The predicted molar refractivity (Wildman–Crippen MR) is 74.5 cm³/mol. The Kier molecular flexibility index (Phi) is 2.90. The second kappa shape index (κ2) is 4.73. The molecule has 3 aromatic rings. The Morgan fingerprint density at radius 2 is 2.05 bits per heavy atom. The summed E-state index contributed by atoms with van der Waals surface area (Å²) in [6.45, 7) is 2.01. The zero-order valence-electron chi connectivity index (χ0n) is 10.9. The van der Waals surface area contributed by atoms with Gasteiger partial charge in [-0.05, 0) is 23.3 Å². The van der Waals surface area contributed by atoms with E-state index in [1.807, 2.05) is 35.7 Å². The number of non-ortho nitro benzene ring substituents is 1. The molecular weight excluding hydrogens is 256 g/mol. The Morgan fingerprint density at radius 1 is 1.20 bits per heavy atom. The van der Waals surface area contributed by atoms with Crippen LogP contribution in [0, 0.1) is 10.1 Å². The zero-order chi connectivity index (χ0) is 14.1. The number of benzene rings is 1. The summed E-state index contributed by atoms with van der Waals surface area (Å²) in [6, 6.07) is 10.3. The van der Waals surface area contributed by atoms with E-state index in [1.165, 1.54) is 6.07 Å². The van der Waals surface area contributed by atoms with Crippen LogP contribution in [0.15, 0.2) is 42.6 Å². The van der Waals surface area contributed by atoms with Crippen molar-refractivity contribution in [2.45, 2.75) is 13.3 Å². The quantitative estimate of drug-likeness (QED) is 0.540. The lowest BCUT2D eigenvalue weighted by Gasteiger charge is -2.03. The standard InChI is InChI=1S/C14H12N4O2/c1-2-13-15-16-14-7-6-11(9-17(13)14)10-4-3-5-12(8-10)18(19)20/h3-9H,2H2,1H3. The third-order valence-electron chi connectivity index (χ3n) is 3.18. The van der Waals surface area contributed by atoms with Gasteiger partial charge in [-0.1, -0.05) is 19.1 Å². The van der Waals surface area contributed by atoms with Crippen molar-refractivity contribution >= 4 is 11.3 Å². The lowest BCUT2D eigenvalue weighted by molar-refractivity contribution is -0.384. The van der Waals surface area contributed by atoms with Crippen molar-refractivity contribution in [3.05, 3.63) is 58.5 Å². The SMILES string of the molecule is CCc1nnc2ccc(-c3cccc([N+](=O)[O-])c3)cn12. The van der Waals surface area contributed by atoms with Gasteiger partial charge in [-0.25, -0.2) is 0 Å². The summed E-state index contributed by atoms with van der Waals surface area (Å²) in [5.41, 5.74) is 2.56. The molecule has 0 N–H and O–H groups in total. The molecule has 0 fully saturated rings. The Labute approximate surface area is 114 Å². The summed E-state index contributed by atoms with van der Waals surface area (Å²) in [5.74, 6) is 0.868. The summed E-state index contributed by atoms with van der Waals surface area (Å²) < 4.78 is 1.91. The summed E-state index contributed by atoms with van der Waals surface area (Å²) in [5, 5.41) is 19.0. The highest BCUT2D eigenvalue weighted by Gasteiger charge is 2.09. The molecule has 100 valence electrons. The molecule has 1 aromatic carbocycles. The number of nitrogens with zero attached hydrogens (tertiary/aromatic N) is 4. The number of aryl methyl sites for hydroxylation is 1. The molecule has 0 atom stereocenters. The van der Waals surface area contributed by atoms with Crippen LogP contribution in [0.2, 0.25) is 0 Å². The third kappa shape index (κ3) is 2.01. The first kappa shape index (κ1) is 12.3. The molecule has 6 nitrogen and oxygen atoms in total. The fourth-order valence-electron chi connectivity index (χ4n) is 2.15. The maximum atomic E-state index is 10.8.